The number of amides is 1. The summed E-state index contributed by atoms with van der Waals surface area (Å²) in [4.78, 5) is 14.1. The number of nitrogens with two attached hydrogens (primary N) is 1. The summed E-state index contributed by atoms with van der Waals surface area (Å²) in [6, 6.07) is 5.82. The molecule has 1 heterocycles. The first-order valence-electron chi connectivity index (χ1n) is 6.21. The third kappa shape index (κ3) is 2.34. The van der Waals surface area contributed by atoms with E-state index in [1.54, 1.807) is 25.9 Å². The zero-order valence-electron chi connectivity index (χ0n) is 11.2. The number of carbonyl (C=O) groups excluding carboxylic acids is 1. The molecule has 98 valence electrons. The molecule has 1 aliphatic heterocycles. The van der Waals surface area contributed by atoms with E-state index in [0.717, 1.165) is 36.4 Å². The van der Waals surface area contributed by atoms with Crippen LogP contribution < -0.4 is 15.4 Å². The van der Waals surface area contributed by atoms with Crippen molar-refractivity contribution in [3.63, 3.8) is 0 Å². The normalized spacial score (nSPS) is 15.2. The smallest absolute Gasteiger partial charge is 0.246 e. The number of ether oxygens (including phenoxy) is 1. The summed E-state index contributed by atoms with van der Waals surface area (Å²) in [5.41, 5.74) is 7.18. The molecule has 4 heteroatoms. The van der Waals surface area contributed by atoms with E-state index in [9.17, 15) is 4.79 Å². The maximum atomic E-state index is 12.3. The van der Waals surface area contributed by atoms with Gasteiger partial charge in [-0.05, 0) is 50.5 Å². The Hall–Kier alpha value is -1.55. The monoisotopic (exact) mass is 248 g/mol. The predicted octanol–water partition coefficient (Wildman–Crippen LogP) is 1.71. The number of nitrogens with zero attached hydrogens (tertiary/aromatic N) is 1. The van der Waals surface area contributed by atoms with Gasteiger partial charge in [0.2, 0.25) is 5.91 Å². The number of anilines is 1. The van der Waals surface area contributed by atoms with Crippen molar-refractivity contribution in [1.29, 1.82) is 0 Å². The molecular formula is C14H20N2O2. The molecule has 0 saturated heterocycles. The average Bonchev–Trinajstić information content (AvgIpc) is 2.35. The molecule has 0 unspecified atom stereocenters. The second-order valence-electron chi connectivity index (χ2n) is 5.28. The second-order valence-corrected chi connectivity index (χ2v) is 5.28. The third-order valence-corrected chi connectivity index (χ3v) is 3.20. The van der Waals surface area contributed by atoms with E-state index in [4.69, 9.17) is 10.5 Å². The van der Waals surface area contributed by atoms with Gasteiger partial charge in [0.15, 0.2) is 0 Å². The van der Waals surface area contributed by atoms with Gasteiger partial charge in [0.1, 0.15) is 5.75 Å². The largest absolute Gasteiger partial charge is 0.497 e. The molecule has 1 aromatic carbocycles. The van der Waals surface area contributed by atoms with Gasteiger partial charge >= 0.3 is 0 Å². The highest BCUT2D eigenvalue weighted by molar-refractivity contribution is 6.00. The van der Waals surface area contributed by atoms with Crippen LogP contribution in [0, 0.1) is 0 Å². The SMILES string of the molecule is COc1ccc2c(c1)CCCN2C(=O)C(C)(C)N. The zero-order chi connectivity index (χ0) is 13.3. The van der Waals surface area contributed by atoms with Crippen molar-refractivity contribution in [3.05, 3.63) is 23.8 Å². The molecule has 0 radical (unpaired) electrons. The van der Waals surface area contributed by atoms with Gasteiger partial charge in [-0.2, -0.15) is 0 Å². The van der Waals surface area contributed by atoms with Crippen LogP contribution in [-0.2, 0) is 11.2 Å². The minimum atomic E-state index is -0.839. The van der Waals surface area contributed by atoms with Gasteiger partial charge in [0.05, 0.1) is 12.6 Å². The van der Waals surface area contributed by atoms with Crippen LogP contribution in [0.25, 0.3) is 0 Å². The lowest BCUT2D eigenvalue weighted by Gasteiger charge is -2.34. The summed E-state index contributed by atoms with van der Waals surface area (Å²) in [5, 5.41) is 0. The second kappa shape index (κ2) is 4.61. The summed E-state index contributed by atoms with van der Waals surface area (Å²) in [5.74, 6) is 0.795. The maximum Gasteiger partial charge on any atom is 0.246 e. The average molecular weight is 248 g/mol. The Labute approximate surface area is 108 Å². The molecule has 1 aromatic rings. The third-order valence-electron chi connectivity index (χ3n) is 3.20. The lowest BCUT2D eigenvalue weighted by molar-refractivity contribution is -0.122. The van der Waals surface area contributed by atoms with Gasteiger partial charge in [0, 0.05) is 12.2 Å². The number of aryl methyl sites for hydroxylation is 1. The van der Waals surface area contributed by atoms with Gasteiger partial charge < -0.3 is 15.4 Å². The summed E-state index contributed by atoms with van der Waals surface area (Å²) >= 11 is 0. The van der Waals surface area contributed by atoms with E-state index < -0.39 is 5.54 Å². The molecule has 0 aliphatic carbocycles. The van der Waals surface area contributed by atoms with E-state index >= 15 is 0 Å². The van der Waals surface area contributed by atoms with Gasteiger partial charge in [0.25, 0.3) is 0 Å². The van der Waals surface area contributed by atoms with Crippen molar-refractivity contribution < 1.29 is 9.53 Å². The fraction of sp³-hybridized carbons (Fsp3) is 0.500. The lowest BCUT2D eigenvalue weighted by Crippen LogP contribution is -2.52. The number of methoxy groups -OCH3 is 1. The van der Waals surface area contributed by atoms with Crippen molar-refractivity contribution in [2.75, 3.05) is 18.6 Å². The molecular weight excluding hydrogens is 228 g/mol. The standard InChI is InChI=1S/C14H20N2O2/c1-14(2,15)13(17)16-8-4-5-10-9-11(18-3)6-7-12(10)16/h6-7,9H,4-5,8,15H2,1-3H3. The highest BCUT2D eigenvalue weighted by atomic mass is 16.5. The highest BCUT2D eigenvalue weighted by Gasteiger charge is 2.31. The van der Waals surface area contributed by atoms with Crippen LogP contribution in [0.4, 0.5) is 5.69 Å². The van der Waals surface area contributed by atoms with Crippen molar-refractivity contribution >= 4 is 11.6 Å². The molecule has 2 rings (SSSR count). The molecule has 2 N–H and O–H groups in total. The zero-order valence-corrected chi connectivity index (χ0v) is 11.2. The summed E-state index contributed by atoms with van der Waals surface area (Å²) < 4.78 is 5.22. The van der Waals surface area contributed by atoms with Crippen LogP contribution in [0.2, 0.25) is 0 Å². The minimum absolute atomic E-state index is 0.0337. The van der Waals surface area contributed by atoms with Crippen molar-refractivity contribution in [2.45, 2.75) is 32.2 Å². The fourth-order valence-corrected chi connectivity index (χ4v) is 2.26. The lowest BCUT2D eigenvalue weighted by atomic mass is 9.98. The molecule has 0 saturated carbocycles. The quantitative estimate of drug-likeness (QED) is 0.867. The van der Waals surface area contributed by atoms with Crippen LogP contribution >= 0.6 is 0 Å². The van der Waals surface area contributed by atoms with Crippen molar-refractivity contribution in [2.24, 2.45) is 5.73 Å². The number of fused-ring (bicyclic) bond motifs is 1. The Balaban J connectivity index is 2.37. The van der Waals surface area contributed by atoms with Gasteiger partial charge in [-0.1, -0.05) is 0 Å². The van der Waals surface area contributed by atoms with Gasteiger partial charge in [-0.3, -0.25) is 4.79 Å². The summed E-state index contributed by atoms with van der Waals surface area (Å²) in [6.07, 6.45) is 1.93. The van der Waals surface area contributed by atoms with Crippen LogP contribution in [0.1, 0.15) is 25.8 Å². The number of hydrogen-bond acceptors (Lipinski definition) is 3. The molecule has 1 aliphatic rings. The van der Waals surface area contributed by atoms with E-state index in [0.29, 0.717) is 0 Å². The van der Waals surface area contributed by atoms with E-state index in [2.05, 4.69) is 0 Å². The molecule has 0 aromatic heterocycles. The topological polar surface area (TPSA) is 55.6 Å². The van der Waals surface area contributed by atoms with E-state index in [-0.39, 0.29) is 5.91 Å². The first kappa shape index (κ1) is 12.9. The molecule has 0 fully saturated rings. The molecule has 0 spiro atoms. The molecule has 0 atom stereocenters. The first-order valence-corrected chi connectivity index (χ1v) is 6.21. The fourth-order valence-electron chi connectivity index (χ4n) is 2.26. The Morgan fingerprint density at radius 2 is 2.17 bits per heavy atom. The predicted molar refractivity (Wildman–Crippen MR) is 71.9 cm³/mol. The first-order chi connectivity index (χ1) is 8.43. The van der Waals surface area contributed by atoms with Gasteiger partial charge in [-0.25, -0.2) is 0 Å². The van der Waals surface area contributed by atoms with Crippen LogP contribution in [-0.4, -0.2) is 25.1 Å². The van der Waals surface area contributed by atoms with E-state index in [1.807, 2.05) is 18.2 Å². The number of benzene rings is 1. The van der Waals surface area contributed by atoms with Crippen LogP contribution in [0.15, 0.2) is 18.2 Å². The maximum absolute atomic E-state index is 12.3. The molecule has 4 nitrogen and oxygen atoms in total. The number of hydrogen-bond donors (Lipinski definition) is 1. The highest BCUT2D eigenvalue weighted by Crippen LogP contribution is 2.31. The van der Waals surface area contributed by atoms with Gasteiger partial charge in [-0.15, -0.1) is 0 Å². The molecule has 18 heavy (non-hydrogen) atoms. The van der Waals surface area contributed by atoms with E-state index in [1.165, 1.54) is 0 Å². The summed E-state index contributed by atoms with van der Waals surface area (Å²) in [7, 11) is 1.65. The number of rotatable bonds is 2. The van der Waals surface area contributed by atoms with Crippen LogP contribution in [0.3, 0.4) is 0 Å². The Morgan fingerprint density at radius 1 is 1.44 bits per heavy atom. The molecule has 0 bridgehead atoms. The molecule has 1 amide bonds. The Kier molecular flexibility index (Phi) is 3.30. The Bertz CT molecular complexity index is 463. The number of carbonyl (C=O) groups is 1. The summed E-state index contributed by atoms with van der Waals surface area (Å²) in [6.45, 7) is 4.22. The van der Waals surface area contributed by atoms with Crippen LogP contribution in [0.5, 0.6) is 5.75 Å². The van der Waals surface area contributed by atoms with Crippen molar-refractivity contribution in [3.8, 4) is 5.75 Å². The minimum Gasteiger partial charge on any atom is -0.497 e. The van der Waals surface area contributed by atoms with Crippen molar-refractivity contribution in [1.82, 2.24) is 0 Å². The Morgan fingerprint density at radius 3 is 2.78 bits per heavy atom.